The highest BCUT2D eigenvalue weighted by Gasteiger charge is 2.48. The van der Waals surface area contributed by atoms with Crippen LogP contribution in [0.4, 0.5) is 0 Å². The van der Waals surface area contributed by atoms with E-state index in [1.54, 1.807) is 0 Å². The van der Waals surface area contributed by atoms with Crippen LogP contribution in [-0.2, 0) is 14.4 Å². The number of imide groups is 1. The molecular weight excluding hydrogens is 318 g/mol. The van der Waals surface area contributed by atoms with Crippen LogP contribution in [0.2, 0.25) is 0 Å². The van der Waals surface area contributed by atoms with Crippen LogP contribution in [0.15, 0.2) is 47.6 Å². The van der Waals surface area contributed by atoms with Gasteiger partial charge in [0.15, 0.2) is 0 Å². The van der Waals surface area contributed by atoms with Crippen molar-refractivity contribution in [3.05, 3.63) is 48.0 Å². The van der Waals surface area contributed by atoms with Crippen molar-refractivity contribution in [2.24, 2.45) is 16.9 Å². The Morgan fingerprint density at radius 3 is 2.32 bits per heavy atom. The predicted octanol–water partition coefficient (Wildman–Crippen LogP) is 1.57. The van der Waals surface area contributed by atoms with Gasteiger partial charge in [0, 0.05) is 6.42 Å². The van der Waals surface area contributed by atoms with Gasteiger partial charge in [0.1, 0.15) is 6.54 Å². The molecule has 0 spiro atoms. The van der Waals surface area contributed by atoms with E-state index in [0.29, 0.717) is 25.8 Å². The molecule has 4 rings (SSSR count). The molecular formula is C19H19N3O3. The Balaban J connectivity index is 1.45. The van der Waals surface area contributed by atoms with Crippen LogP contribution >= 0.6 is 0 Å². The molecule has 2 heterocycles. The van der Waals surface area contributed by atoms with E-state index in [1.807, 2.05) is 42.5 Å². The summed E-state index contributed by atoms with van der Waals surface area (Å²) in [4.78, 5) is 38.6. The molecule has 1 aromatic rings. The summed E-state index contributed by atoms with van der Waals surface area (Å²) in [6, 6.07) is 9.70. The standard InChI is InChI=1S/C19H19N3O3/c23-17(22-11-10-16(20-22)13-6-2-1-3-7-13)12-21-18(24)14-8-4-5-9-15(14)19(21)25/h1-7,14-15H,8-12H2/t14-,15-/m0/s1. The summed E-state index contributed by atoms with van der Waals surface area (Å²) in [5.41, 5.74) is 1.84. The lowest BCUT2D eigenvalue weighted by molar-refractivity contribution is -0.146. The average molecular weight is 337 g/mol. The van der Waals surface area contributed by atoms with Crippen LogP contribution < -0.4 is 0 Å². The monoisotopic (exact) mass is 337 g/mol. The molecule has 1 fully saturated rings. The average Bonchev–Trinajstić information content (AvgIpc) is 3.23. The third-order valence-electron chi connectivity index (χ3n) is 5.09. The minimum Gasteiger partial charge on any atom is -0.274 e. The largest absolute Gasteiger partial charge is 0.274 e. The molecule has 0 bridgehead atoms. The Labute approximate surface area is 145 Å². The number of hydrogen-bond acceptors (Lipinski definition) is 4. The first kappa shape index (κ1) is 15.7. The van der Waals surface area contributed by atoms with E-state index in [0.717, 1.165) is 16.2 Å². The lowest BCUT2D eigenvalue weighted by Gasteiger charge is -2.17. The first-order valence-electron chi connectivity index (χ1n) is 8.58. The van der Waals surface area contributed by atoms with Crippen molar-refractivity contribution >= 4 is 23.4 Å². The molecule has 2 atom stereocenters. The number of carbonyl (C=O) groups excluding carboxylic acids is 3. The number of likely N-dealkylation sites (tertiary alicyclic amines) is 1. The van der Waals surface area contributed by atoms with Crippen molar-refractivity contribution in [2.45, 2.75) is 19.3 Å². The highest BCUT2D eigenvalue weighted by atomic mass is 16.2. The van der Waals surface area contributed by atoms with Gasteiger partial charge in [-0.05, 0) is 18.4 Å². The molecule has 0 unspecified atom stereocenters. The Bertz CT molecular complexity index is 758. The summed E-state index contributed by atoms with van der Waals surface area (Å²) in [6.07, 6.45) is 5.72. The minimum absolute atomic E-state index is 0.212. The van der Waals surface area contributed by atoms with Gasteiger partial charge in [0.2, 0.25) is 11.8 Å². The van der Waals surface area contributed by atoms with E-state index >= 15 is 0 Å². The van der Waals surface area contributed by atoms with E-state index < -0.39 is 0 Å². The third-order valence-corrected chi connectivity index (χ3v) is 5.09. The lowest BCUT2D eigenvalue weighted by atomic mass is 9.85. The van der Waals surface area contributed by atoms with Crippen LogP contribution in [0, 0.1) is 11.8 Å². The maximum atomic E-state index is 12.5. The summed E-state index contributed by atoms with van der Waals surface area (Å²) >= 11 is 0. The molecule has 6 nitrogen and oxygen atoms in total. The molecule has 0 saturated carbocycles. The molecule has 2 aliphatic heterocycles. The van der Waals surface area contributed by atoms with Crippen molar-refractivity contribution in [1.29, 1.82) is 0 Å². The SMILES string of the molecule is O=C(CN1C(=O)[C@H]2CC=CC[C@@H]2C1=O)N1CCC(c2ccccc2)=N1. The van der Waals surface area contributed by atoms with Crippen LogP contribution in [0.5, 0.6) is 0 Å². The number of rotatable bonds is 3. The number of nitrogens with zero attached hydrogens (tertiary/aromatic N) is 3. The first-order valence-corrected chi connectivity index (χ1v) is 8.58. The highest BCUT2D eigenvalue weighted by Crippen LogP contribution is 2.35. The van der Waals surface area contributed by atoms with E-state index in [4.69, 9.17) is 0 Å². The van der Waals surface area contributed by atoms with E-state index in [9.17, 15) is 14.4 Å². The molecule has 1 aliphatic carbocycles. The van der Waals surface area contributed by atoms with Crippen molar-refractivity contribution in [3.63, 3.8) is 0 Å². The fourth-order valence-corrected chi connectivity index (χ4v) is 3.71. The van der Waals surface area contributed by atoms with Gasteiger partial charge in [-0.25, -0.2) is 5.01 Å². The topological polar surface area (TPSA) is 70.1 Å². The van der Waals surface area contributed by atoms with E-state index in [1.165, 1.54) is 5.01 Å². The van der Waals surface area contributed by atoms with Crippen LogP contribution in [0.3, 0.4) is 0 Å². The van der Waals surface area contributed by atoms with Gasteiger partial charge in [0.25, 0.3) is 5.91 Å². The number of benzene rings is 1. The van der Waals surface area contributed by atoms with Crippen molar-refractivity contribution in [2.75, 3.05) is 13.1 Å². The van der Waals surface area contributed by atoms with Gasteiger partial charge in [-0.3, -0.25) is 19.3 Å². The second-order valence-electron chi connectivity index (χ2n) is 6.60. The molecule has 3 amide bonds. The lowest BCUT2D eigenvalue weighted by Crippen LogP contribution is -2.40. The molecule has 25 heavy (non-hydrogen) atoms. The molecule has 128 valence electrons. The van der Waals surface area contributed by atoms with Crippen molar-refractivity contribution in [1.82, 2.24) is 9.91 Å². The summed E-state index contributed by atoms with van der Waals surface area (Å²) in [7, 11) is 0. The normalized spacial score (nSPS) is 25.4. The Hall–Kier alpha value is -2.76. The van der Waals surface area contributed by atoms with Crippen molar-refractivity contribution in [3.8, 4) is 0 Å². The molecule has 3 aliphatic rings. The fourth-order valence-electron chi connectivity index (χ4n) is 3.71. The van der Waals surface area contributed by atoms with Crippen molar-refractivity contribution < 1.29 is 14.4 Å². The molecule has 1 aromatic carbocycles. The van der Waals surface area contributed by atoms with Gasteiger partial charge >= 0.3 is 0 Å². The summed E-state index contributed by atoms with van der Waals surface area (Å²) in [5.74, 6) is -1.35. The van der Waals surface area contributed by atoms with Gasteiger partial charge in [-0.1, -0.05) is 42.5 Å². The van der Waals surface area contributed by atoms with Crippen LogP contribution in [0.1, 0.15) is 24.8 Å². The maximum absolute atomic E-state index is 12.5. The molecule has 0 radical (unpaired) electrons. The first-order chi connectivity index (χ1) is 12.1. The summed E-state index contributed by atoms with van der Waals surface area (Å²) in [5, 5.41) is 5.76. The van der Waals surface area contributed by atoms with Gasteiger partial charge in [-0.2, -0.15) is 5.10 Å². The number of amides is 3. The smallest absolute Gasteiger partial charge is 0.262 e. The van der Waals surface area contributed by atoms with E-state index in [-0.39, 0.29) is 36.1 Å². The zero-order valence-corrected chi connectivity index (χ0v) is 13.8. The number of hydrazone groups is 1. The summed E-state index contributed by atoms with van der Waals surface area (Å²) in [6.45, 7) is 0.268. The Kier molecular flexibility index (Phi) is 3.95. The number of fused-ring (bicyclic) bond motifs is 1. The van der Waals surface area contributed by atoms with Crippen LogP contribution in [-0.4, -0.2) is 46.4 Å². The predicted molar refractivity (Wildman–Crippen MR) is 91.4 cm³/mol. The zero-order chi connectivity index (χ0) is 17.4. The highest BCUT2D eigenvalue weighted by molar-refractivity contribution is 6.08. The van der Waals surface area contributed by atoms with Gasteiger partial charge in [-0.15, -0.1) is 0 Å². The molecule has 0 aromatic heterocycles. The molecule has 1 saturated heterocycles. The number of allylic oxidation sites excluding steroid dienone is 2. The zero-order valence-electron chi connectivity index (χ0n) is 13.8. The third kappa shape index (κ3) is 2.77. The Morgan fingerprint density at radius 2 is 1.68 bits per heavy atom. The van der Waals surface area contributed by atoms with Gasteiger partial charge < -0.3 is 0 Å². The van der Waals surface area contributed by atoms with E-state index in [2.05, 4.69) is 5.10 Å². The van der Waals surface area contributed by atoms with Crippen LogP contribution in [0.25, 0.3) is 0 Å². The second kappa shape index (κ2) is 6.27. The maximum Gasteiger partial charge on any atom is 0.262 e. The number of hydrogen-bond donors (Lipinski definition) is 0. The number of carbonyl (C=O) groups is 3. The minimum atomic E-state index is -0.306. The second-order valence-corrected chi connectivity index (χ2v) is 6.60. The Morgan fingerprint density at radius 1 is 1.04 bits per heavy atom. The quantitative estimate of drug-likeness (QED) is 0.621. The molecule has 6 heteroatoms. The fraction of sp³-hybridized carbons (Fsp3) is 0.368. The summed E-state index contributed by atoms with van der Waals surface area (Å²) < 4.78 is 0. The van der Waals surface area contributed by atoms with Gasteiger partial charge in [0.05, 0.1) is 24.1 Å². The molecule has 0 N–H and O–H groups in total.